The van der Waals surface area contributed by atoms with Crippen LogP contribution < -0.4 is 15.9 Å². The summed E-state index contributed by atoms with van der Waals surface area (Å²) in [6.07, 6.45) is 1.70. The molecule has 1 rings (SSSR count). The summed E-state index contributed by atoms with van der Waals surface area (Å²) in [7, 11) is 0. The number of thioether (sulfide) groups is 1. The standard InChI is InChI=1S/C7H7NS2.2C4H8O2.Zn/c8-7(9)10-6-4-2-1-3-5-6;2*1-2-3-4(5)6;/h1-5H,(H2,8,9);2*2-3H2,1H3,(H,5,6);/q;;;+2/p-2. The van der Waals surface area contributed by atoms with Gasteiger partial charge in [0.25, 0.3) is 0 Å². The first kappa shape index (κ1) is 26.9. The van der Waals surface area contributed by atoms with E-state index in [1.165, 1.54) is 11.8 Å². The normalized spacial score (nSPS) is 8.26. The Kier molecular flexibility index (Phi) is 22.3. The number of rotatable bonds is 5. The molecule has 0 radical (unpaired) electrons. The quantitative estimate of drug-likeness (QED) is 0.441. The fourth-order valence-electron chi connectivity index (χ4n) is 1.01. The number of hydrogen-bond acceptors (Lipinski definition) is 6. The third-order valence-electron chi connectivity index (χ3n) is 1.87. The third kappa shape index (κ3) is 26.3. The molecule has 0 bridgehead atoms. The van der Waals surface area contributed by atoms with Crippen LogP contribution in [0.15, 0.2) is 35.2 Å². The molecule has 1 aromatic rings. The second kappa shape index (κ2) is 19.1. The summed E-state index contributed by atoms with van der Waals surface area (Å²) in [4.78, 5) is 20.1. The van der Waals surface area contributed by atoms with Crippen molar-refractivity contribution in [2.45, 2.75) is 44.4 Å². The van der Waals surface area contributed by atoms with E-state index < -0.39 is 11.9 Å². The van der Waals surface area contributed by atoms with Gasteiger partial charge in [-0.25, -0.2) is 0 Å². The molecule has 0 aliphatic heterocycles. The minimum Gasteiger partial charge on any atom is -0.550 e. The monoisotopic (exact) mass is 407 g/mol. The van der Waals surface area contributed by atoms with Crippen LogP contribution in [0.4, 0.5) is 0 Å². The first-order valence-electron chi connectivity index (χ1n) is 6.75. The molecule has 0 aliphatic carbocycles. The van der Waals surface area contributed by atoms with Crippen molar-refractivity contribution in [3.05, 3.63) is 30.3 Å². The number of carboxylic acids is 2. The van der Waals surface area contributed by atoms with Gasteiger partial charge in [0.05, 0.1) is 0 Å². The van der Waals surface area contributed by atoms with Crippen LogP contribution in [0, 0.1) is 0 Å². The van der Waals surface area contributed by atoms with Gasteiger partial charge in [-0.05, 0) is 25.0 Å². The fraction of sp³-hybridized carbons (Fsp3) is 0.400. The predicted molar refractivity (Wildman–Crippen MR) is 88.9 cm³/mol. The van der Waals surface area contributed by atoms with E-state index in [9.17, 15) is 19.8 Å². The molecule has 0 saturated carbocycles. The van der Waals surface area contributed by atoms with Gasteiger partial charge in [0.1, 0.15) is 4.32 Å². The van der Waals surface area contributed by atoms with E-state index in [0.717, 1.165) is 4.90 Å². The second-order valence-electron chi connectivity index (χ2n) is 3.98. The van der Waals surface area contributed by atoms with Gasteiger partial charge >= 0.3 is 19.5 Å². The van der Waals surface area contributed by atoms with Crippen molar-refractivity contribution >= 4 is 40.2 Å². The van der Waals surface area contributed by atoms with Gasteiger partial charge in [-0.3, -0.25) is 0 Å². The molecular weight excluding hydrogens is 388 g/mol. The molecule has 0 spiro atoms. The van der Waals surface area contributed by atoms with Gasteiger partial charge in [-0.2, -0.15) is 0 Å². The van der Waals surface area contributed by atoms with Gasteiger partial charge in [0, 0.05) is 16.8 Å². The minimum absolute atomic E-state index is 0. The van der Waals surface area contributed by atoms with Gasteiger partial charge < -0.3 is 25.5 Å². The number of carbonyl (C=O) groups is 2. The Morgan fingerprint density at radius 1 is 1.04 bits per heavy atom. The van der Waals surface area contributed by atoms with Crippen molar-refractivity contribution in [3.63, 3.8) is 0 Å². The third-order valence-corrected chi connectivity index (χ3v) is 2.83. The van der Waals surface area contributed by atoms with Crippen LogP contribution in [0.25, 0.3) is 0 Å². The molecule has 8 heteroatoms. The first-order chi connectivity index (χ1) is 10.3. The Morgan fingerprint density at radius 3 is 1.65 bits per heavy atom. The molecular formula is C15H21NO4S2Zn. The summed E-state index contributed by atoms with van der Waals surface area (Å²) in [6, 6.07) is 9.83. The molecule has 124 valence electrons. The first-order valence-corrected chi connectivity index (χ1v) is 7.97. The summed E-state index contributed by atoms with van der Waals surface area (Å²) in [5.41, 5.74) is 5.32. The van der Waals surface area contributed by atoms with Crippen LogP contribution in [-0.4, -0.2) is 16.3 Å². The summed E-state index contributed by atoms with van der Waals surface area (Å²) < 4.78 is 0.464. The maximum absolute atomic E-state index is 9.49. The smallest absolute Gasteiger partial charge is 0.550 e. The maximum Gasteiger partial charge on any atom is 2.00 e. The molecule has 0 atom stereocenters. The molecule has 2 N–H and O–H groups in total. The molecule has 0 aliphatic rings. The largest absolute Gasteiger partial charge is 2.00 e. The Bertz CT molecular complexity index is 428. The van der Waals surface area contributed by atoms with Crippen LogP contribution in [0.2, 0.25) is 0 Å². The van der Waals surface area contributed by atoms with E-state index >= 15 is 0 Å². The zero-order chi connectivity index (χ0) is 17.4. The number of aliphatic carboxylic acids is 2. The van der Waals surface area contributed by atoms with Crippen LogP contribution in [0.1, 0.15) is 39.5 Å². The molecule has 0 aromatic heterocycles. The fourth-order valence-corrected chi connectivity index (χ4v) is 1.83. The van der Waals surface area contributed by atoms with E-state index in [4.69, 9.17) is 18.0 Å². The molecule has 0 saturated heterocycles. The van der Waals surface area contributed by atoms with Crippen LogP contribution in [-0.2, 0) is 29.1 Å². The summed E-state index contributed by atoms with van der Waals surface area (Å²) in [5.74, 6) is -1.92. The van der Waals surface area contributed by atoms with Crippen LogP contribution in [0.3, 0.4) is 0 Å². The van der Waals surface area contributed by atoms with E-state index in [0.29, 0.717) is 17.2 Å². The zero-order valence-electron chi connectivity index (χ0n) is 13.4. The number of carbonyl (C=O) groups excluding carboxylic acids is 2. The van der Waals surface area contributed by atoms with Gasteiger partial charge in [-0.15, -0.1) is 0 Å². The van der Waals surface area contributed by atoms with E-state index in [1.54, 1.807) is 13.8 Å². The maximum atomic E-state index is 9.49. The molecule has 5 nitrogen and oxygen atoms in total. The number of hydrogen-bond donors (Lipinski definition) is 1. The molecule has 23 heavy (non-hydrogen) atoms. The summed E-state index contributed by atoms with van der Waals surface area (Å²) in [5, 5.41) is 19.0. The Morgan fingerprint density at radius 2 is 1.43 bits per heavy atom. The minimum atomic E-state index is -0.961. The molecule has 0 heterocycles. The van der Waals surface area contributed by atoms with Gasteiger partial charge in [-0.1, -0.05) is 68.9 Å². The number of nitrogens with two attached hydrogens (primary N) is 1. The Hall–Kier alpha value is -0.977. The van der Waals surface area contributed by atoms with Crippen molar-refractivity contribution in [2.24, 2.45) is 5.73 Å². The average Bonchev–Trinajstić information content (AvgIpc) is 2.40. The van der Waals surface area contributed by atoms with E-state index in [2.05, 4.69) is 0 Å². The van der Waals surface area contributed by atoms with Crippen LogP contribution >= 0.6 is 24.0 Å². The SMILES string of the molecule is CCCC(=O)[O-].CCCC(=O)[O-].NC(=S)Sc1ccccc1.[Zn+2]. The van der Waals surface area contributed by atoms with Crippen LogP contribution in [0.5, 0.6) is 0 Å². The van der Waals surface area contributed by atoms with Crippen molar-refractivity contribution in [1.29, 1.82) is 0 Å². The topological polar surface area (TPSA) is 106 Å². The number of thiocarbonyl (C=S) groups is 1. The summed E-state index contributed by atoms with van der Waals surface area (Å²) in [6.45, 7) is 3.60. The van der Waals surface area contributed by atoms with Crippen molar-refractivity contribution in [1.82, 2.24) is 0 Å². The van der Waals surface area contributed by atoms with Crippen molar-refractivity contribution in [2.75, 3.05) is 0 Å². The molecule has 0 unspecified atom stereocenters. The van der Waals surface area contributed by atoms with E-state index in [1.807, 2.05) is 30.3 Å². The number of carboxylic acid groups (broad SMARTS) is 2. The summed E-state index contributed by atoms with van der Waals surface area (Å²) >= 11 is 6.13. The van der Waals surface area contributed by atoms with Crippen molar-refractivity contribution in [3.8, 4) is 0 Å². The predicted octanol–water partition coefficient (Wildman–Crippen LogP) is 1.09. The molecule has 0 amide bonds. The second-order valence-corrected chi connectivity index (χ2v) is 5.79. The molecule has 1 aromatic carbocycles. The Labute approximate surface area is 159 Å². The molecule has 0 fully saturated rings. The van der Waals surface area contributed by atoms with E-state index in [-0.39, 0.29) is 32.3 Å². The van der Waals surface area contributed by atoms with Gasteiger partial charge in [0.15, 0.2) is 0 Å². The zero-order valence-corrected chi connectivity index (χ0v) is 18.0. The van der Waals surface area contributed by atoms with Gasteiger partial charge in [0.2, 0.25) is 0 Å². The van der Waals surface area contributed by atoms with Crippen molar-refractivity contribution < 1.29 is 39.3 Å². The number of benzene rings is 1. The Balaban J connectivity index is -0.000000271. The average molecular weight is 409 g/mol.